The molecule has 0 N–H and O–H groups in total. The summed E-state index contributed by atoms with van der Waals surface area (Å²) in [6.07, 6.45) is 12.3. The van der Waals surface area contributed by atoms with Crippen LogP contribution in [0.3, 0.4) is 0 Å². The lowest BCUT2D eigenvalue weighted by atomic mass is 9.45. The van der Waals surface area contributed by atoms with E-state index >= 15 is 0 Å². The molecule has 0 radical (unpaired) electrons. The van der Waals surface area contributed by atoms with Gasteiger partial charge in [-0.15, -0.1) is 0 Å². The number of rotatable bonds is 5. The van der Waals surface area contributed by atoms with Crippen LogP contribution in [0.4, 0.5) is 13.2 Å². The molecule has 0 aromatic carbocycles. The average molecular weight is 455 g/mol. The van der Waals surface area contributed by atoms with Crippen molar-refractivity contribution in [3.05, 3.63) is 0 Å². The number of hydrogen-bond donors (Lipinski definition) is 0. The Kier molecular flexibility index (Phi) is 7.08. The van der Waals surface area contributed by atoms with Gasteiger partial charge in [-0.1, -0.05) is 53.9 Å². The van der Waals surface area contributed by atoms with E-state index < -0.39 is 12.1 Å². The summed E-state index contributed by atoms with van der Waals surface area (Å²) in [5.74, 6) is 4.34. The number of halogens is 3. The van der Waals surface area contributed by atoms with Crippen molar-refractivity contribution in [2.75, 3.05) is 0 Å². The first-order valence-corrected chi connectivity index (χ1v) is 14.1. The maximum absolute atomic E-state index is 13.1. The first-order chi connectivity index (χ1) is 15.0. The van der Waals surface area contributed by atoms with E-state index in [1.54, 1.807) is 0 Å². The summed E-state index contributed by atoms with van der Waals surface area (Å²) in [6, 6.07) is 0. The Morgan fingerprint density at radius 3 is 2.25 bits per heavy atom. The van der Waals surface area contributed by atoms with Crippen LogP contribution in [0, 0.1) is 58.2 Å². The molecule has 0 nitrogen and oxygen atoms in total. The van der Waals surface area contributed by atoms with E-state index in [0.29, 0.717) is 29.1 Å². The Hall–Kier alpha value is -0.210. The maximum Gasteiger partial charge on any atom is 0.391 e. The van der Waals surface area contributed by atoms with Crippen molar-refractivity contribution in [1.29, 1.82) is 0 Å². The molecule has 4 fully saturated rings. The monoisotopic (exact) mass is 454 g/mol. The first kappa shape index (κ1) is 24.9. The summed E-state index contributed by atoms with van der Waals surface area (Å²) in [5, 5.41) is 0. The van der Waals surface area contributed by atoms with Gasteiger partial charge in [-0.25, -0.2) is 0 Å². The molecule has 0 aromatic heterocycles. The van der Waals surface area contributed by atoms with Crippen LogP contribution in [-0.4, -0.2) is 6.18 Å². The van der Waals surface area contributed by atoms with Gasteiger partial charge < -0.3 is 0 Å². The van der Waals surface area contributed by atoms with Gasteiger partial charge in [0.05, 0.1) is 5.92 Å². The summed E-state index contributed by atoms with van der Waals surface area (Å²) >= 11 is 0. The van der Waals surface area contributed by atoms with Gasteiger partial charge in [0.1, 0.15) is 0 Å². The number of alkyl halides is 3. The highest BCUT2D eigenvalue weighted by atomic mass is 19.4. The SMILES string of the molecule is CCC1CCCC2(C)C(CCC3C2CCC2(C)C3CCC2[C@H](C)CCC(C)C(F)(F)F)C1. The molecular weight excluding hydrogens is 405 g/mol. The molecule has 4 aliphatic rings. The predicted molar refractivity (Wildman–Crippen MR) is 127 cm³/mol. The third kappa shape index (κ3) is 4.30. The second-order valence-electron chi connectivity index (χ2n) is 13.3. The largest absolute Gasteiger partial charge is 0.391 e. The fourth-order valence-electron chi connectivity index (χ4n) is 9.83. The second-order valence-corrected chi connectivity index (χ2v) is 13.3. The minimum absolute atomic E-state index is 0.298. The van der Waals surface area contributed by atoms with Gasteiger partial charge in [0.15, 0.2) is 0 Å². The van der Waals surface area contributed by atoms with Crippen molar-refractivity contribution in [1.82, 2.24) is 0 Å². The van der Waals surface area contributed by atoms with Crippen LogP contribution in [0.15, 0.2) is 0 Å². The molecule has 4 saturated carbocycles. The first-order valence-electron chi connectivity index (χ1n) is 14.1. The van der Waals surface area contributed by atoms with Gasteiger partial charge in [-0.05, 0) is 116 Å². The molecule has 0 bridgehead atoms. The Morgan fingerprint density at radius 1 is 0.844 bits per heavy atom. The molecule has 0 heterocycles. The average Bonchev–Trinajstić information content (AvgIpc) is 2.99. The topological polar surface area (TPSA) is 0 Å². The smallest absolute Gasteiger partial charge is 0.171 e. The Labute approximate surface area is 195 Å². The van der Waals surface area contributed by atoms with Gasteiger partial charge in [0.25, 0.3) is 0 Å². The number of fused-ring (bicyclic) bond motifs is 5. The summed E-state index contributed by atoms with van der Waals surface area (Å²) in [5.41, 5.74) is 0.905. The normalized spacial score (nSPS) is 46.5. The molecule has 0 saturated heterocycles. The van der Waals surface area contributed by atoms with E-state index in [-0.39, 0.29) is 0 Å². The van der Waals surface area contributed by atoms with Crippen LogP contribution in [0.25, 0.3) is 0 Å². The van der Waals surface area contributed by atoms with E-state index in [2.05, 4.69) is 27.7 Å². The Bertz CT molecular complexity index is 641. The molecule has 10 atom stereocenters. The lowest BCUT2D eigenvalue weighted by Gasteiger charge is -2.59. The fraction of sp³-hybridized carbons (Fsp3) is 1.00. The Balaban J connectivity index is 1.46. The molecule has 186 valence electrons. The minimum atomic E-state index is -4.04. The van der Waals surface area contributed by atoms with Crippen molar-refractivity contribution >= 4 is 0 Å². The standard InChI is InChI=1S/C29H49F3/c1-6-21-8-7-16-27(4)22(18-21)11-12-23-25-14-13-24(28(25,5)17-15-26(23)27)19(2)9-10-20(3)29(30,31)32/h19-26H,6-18H2,1-5H3/t19-,20?,21?,22?,23?,24?,25?,26?,27?,28?/m1/s1. The van der Waals surface area contributed by atoms with Crippen LogP contribution in [0.2, 0.25) is 0 Å². The molecule has 32 heavy (non-hydrogen) atoms. The minimum Gasteiger partial charge on any atom is -0.171 e. The van der Waals surface area contributed by atoms with Gasteiger partial charge >= 0.3 is 6.18 Å². The molecule has 4 aliphatic carbocycles. The molecule has 0 aliphatic heterocycles. The molecule has 9 unspecified atom stereocenters. The lowest BCUT2D eigenvalue weighted by Crippen LogP contribution is -2.52. The molecule has 0 amide bonds. The van der Waals surface area contributed by atoms with E-state index in [4.69, 9.17) is 0 Å². The van der Waals surface area contributed by atoms with Crippen LogP contribution >= 0.6 is 0 Å². The Morgan fingerprint density at radius 2 is 1.56 bits per heavy atom. The van der Waals surface area contributed by atoms with E-state index in [1.807, 2.05) is 0 Å². The second kappa shape index (κ2) is 9.10. The highest BCUT2D eigenvalue weighted by Crippen LogP contribution is 2.68. The van der Waals surface area contributed by atoms with Gasteiger partial charge in [0.2, 0.25) is 0 Å². The molecular formula is C29H49F3. The van der Waals surface area contributed by atoms with Crippen molar-refractivity contribution in [3.63, 3.8) is 0 Å². The van der Waals surface area contributed by atoms with Crippen LogP contribution in [0.1, 0.15) is 118 Å². The highest BCUT2D eigenvalue weighted by molar-refractivity contribution is 5.09. The van der Waals surface area contributed by atoms with Gasteiger partial charge in [0, 0.05) is 0 Å². The summed E-state index contributed by atoms with van der Waals surface area (Å²) in [4.78, 5) is 0. The zero-order chi connectivity index (χ0) is 23.3. The molecule has 0 spiro atoms. The predicted octanol–water partition coefficient (Wildman–Crippen LogP) is 9.68. The van der Waals surface area contributed by atoms with Crippen molar-refractivity contribution in [3.8, 4) is 0 Å². The van der Waals surface area contributed by atoms with Crippen LogP contribution < -0.4 is 0 Å². The summed E-state index contributed by atoms with van der Waals surface area (Å²) in [7, 11) is 0. The van der Waals surface area contributed by atoms with Gasteiger partial charge in [-0.2, -0.15) is 13.2 Å². The zero-order valence-corrected chi connectivity index (χ0v) is 21.4. The zero-order valence-electron chi connectivity index (χ0n) is 21.4. The van der Waals surface area contributed by atoms with Gasteiger partial charge in [-0.3, -0.25) is 0 Å². The third-order valence-electron chi connectivity index (χ3n) is 12.0. The lowest BCUT2D eigenvalue weighted by molar-refractivity contribution is -0.172. The van der Waals surface area contributed by atoms with Crippen LogP contribution in [0.5, 0.6) is 0 Å². The fourth-order valence-corrected chi connectivity index (χ4v) is 9.83. The molecule has 0 aromatic rings. The summed E-state index contributed by atoms with van der Waals surface area (Å²) in [6.45, 7) is 11.2. The van der Waals surface area contributed by atoms with E-state index in [0.717, 1.165) is 36.0 Å². The quantitative estimate of drug-likeness (QED) is 0.388. The van der Waals surface area contributed by atoms with Crippen molar-refractivity contribution in [2.24, 2.45) is 58.2 Å². The van der Waals surface area contributed by atoms with Crippen molar-refractivity contribution in [2.45, 2.75) is 124 Å². The summed E-state index contributed by atoms with van der Waals surface area (Å²) < 4.78 is 39.2. The maximum atomic E-state index is 13.1. The highest BCUT2D eigenvalue weighted by Gasteiger charge is 2.60. The van der Waals surface area contributed by atoms with E-state index in [9.17, 15) is 13.2 Å². The molecule has 4 rings (SSSR count). The van der Waals surface area contributed by atoms with E-state index in [1.165, 1.54) is 77.6 Å². The van der Waals surface area contributed by atoms with Crippen molar-refractivity contribution < 1.29 is 13.2 Å². The number of hydrogen-bond acceptors (Lipinski definition) is 0. The van der Waals surface area contributed by atoms with Crippen LogP contribution in [-0.2, 0) is 0 Å². The molecule has 3 heteroatoms. The third-order valence-corrected chi connectivity index (χ3v) is 12.0.